The molecular weight excluding hydrogens is 274 g/mol. The third-order valence-electron chi connectivity index (χ3n) is 3.62. The first kappa shape index (κ1) is 13.3. The van der Waals surface area contributed by atoms with Crippen LogP contribution >= 0.6 is 0 Å². The highest BCUT2D eigenvalue weighted by molar-refractivity contribution is 7.89. The zero-order chi connectivity index (χ0) is 14.2. The number of H-pyrrole nitrogens is 1. The van der Waals surface area contributed by atoms with Gasteiger partial charge >= 0.3 is 0 Å². The monoisotopic (exact) mass is 291 g/mol. The molecule has 0 saturated carbocycles. The second-order valence-electron chi connectivity index (χ2n) is 5.04. The van der Waals surface area contributed by atoms with Gasteiger partial charge in [-0.1, -0.05) is 24.3 Å². The number of aromatic nitrogens is 2. The summed E-state index contributed by atoms with van der Waals surface area (Å²) in [5, 5.41) is 0.175. The van der Waals surface area contributed by atoms with E-state index in [0.29, 0.717) is 18.9 Å². The second kappa shape index (κ2) is 5.03. The van der Waals surface area contributed by atoms with E-state index in [1.54, 1.807) is 6.92 Å². The van der Waals surface area contributed by atoms with Crippen molar-refractivity contribution in [3.63, 3.8) is 0 Å². The molecule has 0 radical (unpaired) electrons. The topological polar surface area (TPSA) is 66.1 Å². The molecule has 1 N–H and O–H groups in total. The minimum absolute atomic E-state index is 0.175. The molecule has 2 aromatic rings. The van der Waals surface area contributed by atoms with Crippen molar-refractivity contribution in [1.82, 2.24) is 14.3 Å². The molecule has 1 aliphatic heterocycles. The highest BCUT2D eigenvalue weighted by Gasteiger charge is 2.28. The number of hydrogen-bond donors (Lipinski definition) is 1. The van der Waals surface area contributed by atoms with E-state index in [9.17, 15) is 8.42 Å². The molecule has 0 saturated heterocycles. The first-order chi connectivity index (χ1) is 9.57. The molecule has 106 valence electrons. The average molecular weight is 291 g/mol. The summed E-state index contributed by atoms with van der Waals surface area (Å²) >= 11 is 0. The number of benzene rings is 1. The molecule has 5 nitrogen and oxygen atoms in total. The van der Waals surface area contributed by atoms with Crippen molar-refractivity contribution in [3.05, 3.63) is 47.4 Å². The lowest BCUT2D eigenvalue weighted by Gasteiger charge is -2.19. The standard InChI is InChI=1S/C14H17N3O2S/c1-11-15-9-14(16-11)20(18,19)17-8-4-7-12-5-2-3-6-13(12)10-17/h2-3,5-6,9H,4,7-8,10H2,1H3,(H,15,16). The van der Waals surface area contributed by atoms with Gasteiger partial charge < -0.3 is 4.98 Å². The molecule has 0 bridgehead atoms. The van der Waals surface area contributed by atoms with Crippen LogP contribution in [0, 0.1) is 6.92 Å². The van der Waals surface area contributed by atoms with Crippen molar-refractivity contribution in [2.75, 3.05) is 6.54 Å². The minimum atomic E-state index is -3.49. The fourth-order valence-corrected chi connectivity index (χ4v) is 3.96. The Kier molecular flexibility index (Phi) is 3.35. The van der Waals surface area contributed by atoms with E-state index in [1.165, 1.54) is 16.1 Å². The summed E-state index contributed by atoms with van der Waals surface area (Å²) in [5.74, 6) is 0.610. The van der Waals surface area contributed by atoms with Crippen LogP contribution in [-0.2, 0) is 23.0 Å². The van der Waals surface area contributed by atoms with Crippen LogP contribution in [0.5, 0.6) is 0 Å². The molecule has 1 aliphatic rings. The Bertz CT molecular complexity index is 722. The van der Waals surface area contributed by atoms with Crippen molar-refractivity contribution >= 4 is 10.0 Å². The zero-order valence-electron chi connectivity index (χ0n) is 11.3. The first-order valence-electron chi connectivity index (χ1n) is 6.66. The predicted molar refractivity (Wildman–Crippen MR) is 75.7 cm³/mol. The third kappa shape index (κ3) is 2.36. The van der Waals surface area contributed by atoms with Crippen LogP contribution in [0.1, 0.15) is 23.4 Å². The Hall–Kier alpha value is -1.66. The lowest BCUT2D eigenvalue weighted by molar-refractivity contribution is 0.408. The van der Waals surface area contributed by atoms with Gasteiger partial charge in [-0.05, 0) is 30.9 Å². The number of sulfonamides is 1. The van der Waals surface area contributed by atoms with Gasteiger partial charge in [-0.15, -0.1) is 0 Å². The first-order valence-corrected chi connectivity index (χ1v) is 8.10. The van der Waals surface area contributed by atoms with Crippen molar-refractivity contribution in [2.24, 2.45) is 0 Å². The smallest absolute Gasteiger partial charge is 0.260 e. The lowest BCUT2D eigenvalue weighted by atomic mass is 10.0. The van der Waals surface area contributed by atoms with Gasteiger partial charge in [0, 0.05) is 13.1 Å². The number of imidazole rings is 1. The number of nitrogens with one attached hydrogen (secondary N) is 1. The Morgan fingerprint density at radius 2 is 2.00 bits per heavy atom. The van der Waals surface area contributed by atoms with Crippen molar-refractivity contribution < 1.29 is 8.42 Å². The van der Waals surface area contributed by atoms with Crippen LogP contribution in [0.2, 0.25) is 0 Å². The summed E-state index contributed by atoms with van der Waals surface area (Å²) < 4.78 is 26.8. The van der Waals surface area contributed by atoms with Crippen LogP contribution in [0.15, 0.2) is 35.5 Å². The summed E-state index contributed by atoms with van der Waals surface area (Å²) in [5.41, 5.74) is 2.33. The molecule has 0 amide bonds. The Balaban J connectivity index is 1.95. The Labute approximate surface area is 118 Å². The molecule has 0 spiro atoms. The summed E-state index contributed by atoms with van der Waals surface area (Å²) in [7, 11) is -3.49. The highest BCUT2D eigenvalue weighted by atomic mass is 32.2. The van der Waals surface area contributed by atoms with E-state index in [2.05, 4.69) is 16.0 Å². The van der Waals surface area contributed by atoms with E-state index in [-0.39, 0.29) is 5.03 Å². The summed E-state index contributed by atoms with van der Waals surface area (Å²) in [4.78, 5) is 6.80. The highest BCUT2D eigenvalue weighted by Crippen LogP contribution is 2.23. The van der Waals surface area contributed by atoms with Crippen LogP contribution in [0.4, 0.5) is 0 Å². The van der Waals surface area contributed by atoms with E-state index in [4.69, 9.17) is 0 Å². The van der Waals surface area contributed by atoms with Gasteiger partial charge in [0.1, 0.15) is 5.82 Å². The van der Waals surface area contributed by atoms with Gasteiger partial charge in [0.2, 0.25) is 0 Å². The molecule has 0 aliphatic carbocycles. The minimum Gasteiger partial charge on any atom is -0.332 e. The van der Waals surface area contributed by atoms with Crippen molar-refractivity contribution in [1.29, 1.82) is 0 Å². The quantitative estimate of drug-likeness (QED) is 0.918. The maximum Gasteiger partial charge on any atom is 0.260 e. The zero-order valence-corrected chi connectivity index (χ0v) is 12.2. The summed E-state index contributed by atoms with van der Waals surface area (Å²) in [6.07, 6.45) is 3.15. The van der Waals surface area contributed by atoms with Gasteiger partial charge in [-0.25, -0.2) is 13.4 Å². The number of rotatable bonds is 2. The maximum absolute atomic E-state index is 12.6. The summed E-state index contributed by atoms with van der Waals surface area (Å²) in [6, 6.07) is 8.03. The van der Waals surface area contributed by atoms with Crippen LogP contribution in [0.3, 0.4) is 0 Å². The van der Waals surface area contributed by atoms with E-state index >= 15 is 0 Å². The number of aromatic amines is 1. The van der Waals surface area contributed by atoms with Crippen LogP contribution < -0.4 is 0 Å². The van der Waals surface area contributed by atoms with Crippen LogP contribution in [0.25, 0.3) is 0 Å². The number of fused-ring (bicyclic) bond motifs is 1. The van der Waals surface area contributed by atoms with Crippen molar-refractivity contribution in [3.8, 4) is 0 Å². The molecule has 1 aromatic carbocycles. The number of nitrogens with zero attached hydrogens (tertiary/aromatic N) is 2. The van der Waals surface area contributed by atoms with E-state index < -0.39 is 10.0 Å². The Morgan fingerprint density at radius 1 is 1.25 bits per heavy atom. The molecular formula is C14H17N3O2S. The largest absolute Gasteiger partial charge is 0.332 e. The summed E-state index contributed by atoms with van der Waals surface area (Å²) in [6.45, 7) is 2.71. The predicted octanol–water partition coefficient (Wildman–Crippen LogP) is 1.86. The molecule has 0 unspecified atom stereocenters. The van der Waals surface area contributed by atoms with Gasteiger partial charge in [0.15, 0.2) is 5.03 Å². The third-order valence-corrected chi connectivity index (χ3v) is 5.37. The fourth-order valence-electron chi connectivity index (χ4n) is 2.54. The molecule has 0 fully saturated rings. The maximum atomic E-state index is 12.6. The Morgan fingerprint density at radius 3 is 2.70 bits per heavy atom. The van der Waals surface area contributed by atoms with E-state index in [0.717, 1.165) is 18.4 Å². The molecule has 0 atom stereocenters. The molecule has 2 heterocycles. The SMILES string of the molecule is Cc1ncc(S(=O)(=O)N2CCCc3ccccc3C2)[nH]1. The van der Waals surface area contributed by atoms with Gasteiger partial charge in [0.05, 0.1) is 6.20 Å². The average Bonchev–Trinajstić information content (AvgIpc) is 2.75. The van der Waals surface area contributed by atoms with Crippen molar-refractivity contribution in [2.45, 2.75) is 31.3 Å². The van der Waals surface area contributed by atoms with E-state index in [1.807, 2.05) is 18.2 Å². The molecule has 3 rings (SSSR count). The van der Waals surface area contributed by atoms with Gasteiger partial charge in [0.25, 0.3) is 10.0 Å². The van der Waals surface area contributed by atoms with Gasteiger partial charge in [-0.3, -0.25) is 0 Å². The van der Waals surface area contributed by atoms with Crippen LogP contribution in [-0.4, -0.2) is 29.2 Å². The normalized spacial score (nSPS) is 16.6. The lowest BCUT2D eigenvalue weighted by Crippen LogP contribution is -2.31. The molecule has 6 heteroatoms. The van der Waals surface area contributed by atoms with Gasteiger partial charge in [-0.2, -0.15) is 4.31 Å². The molecule has 20 heavy (non-hydrogen) atoms. The molecule has 1 aromatic heterocycles. The second-order valence-corrected chi connectivity index (χ2v) is 6.95. The number of aryl methyl sites for hydroxylation is 2. The fraction of sp³-hybridized carbons (Fsp3) is 0.357. The number of hydrogen-bond acceptors (Lipinski definition) is 3.